The van der Waals surface area contributed by atoms with Gasteiger partial charge in [0, 0.05) is 17.5 Å². The summed E-state index contributed by atoms with van der Waals surface area (Å²) in [6.45, 7) is 3.78. The van der Waals surface area contributed by atoms with Crippen LogP contribution in [0.3, 0.4) is 0 Å². The van der Waals surface area contributed by atoms with Crippen molar-refractivity contribution in [2.24, 2.45) is 0 Å². The van der Waals surface area contributed by atoms with Crippen LogP contribution in [0.4, 0.5) is 0 Å². The van der Waals surface area contributed by atoms with Crippen LogP contribution in [0.25, 0.3) is 0 Å². The molecule has 0 aromatic heterocycles. The molecule has 2 aliphatic rings. The van der Waals surface area contributed by atoms with Crippen molar-refractivity contribution in [1.29, 1.82) is 0 Å². The third-order valence-corrected chi connectivity index (χ3v) is 7.22. The van der Waals surface area contributed by atoms with Crippen molar-refractivity contribution in [1.82, 2.24) is 0 Å². The maximum Gasteiger partial charge on any atom is 0.199 e. The fourth-order valence-corrected chi connectivity index (χ4v) is 5.06. The lowest BCUT2D eigenvalue weighted by atomic mass is 9.62. The summed E-state index contributed by atoms with van der Waals surface area (Å²) >= 11 is 25.6. The van der Waals surface area contributed by atoms with E-state index in [1.54, 1.807) is 12.1 Å². The van der Waals surface area contributed by atoms with E-state index in [1.807, 2.05) is 0 Å². The molecule has 142 valence electrons. The van der Waals surface area contributed by atoms with Gasteiger partial charge in [-0.05, 0) is 18.1 Å². The fraction of sp³-hybridized carbons (Fsp3) is 0.263. The molecule has 3 atom stereocenters. The third-order valence-electron chi connectivity index (χ3n) is 4.97. The molecule has 3 rings (SSSR count). The lowest BCUT2D eigenvalue weighted by molar-refractivity contribution is -0.127. The number of rotatable bonds is 3. The smallest absolute Gasteiger partial charge is 0.199 e. The van der Waals surface area contributed by atoms with Crippen LogP contribution < -0.4 is 4.74 Å². The molecule has 1 N–H and O–H groups in total. The van der Waals surface area contributed by atoms with Crippen molar-refractivity contribution in [2.45, 2.75) is 22.1 Å². The standard InChI is InChI=1S/C19H14Cl4O4/c1-3-9-6-7-18(22)16(25)14(20)15(21)17(26)19(18,23)13(9)11-5-4-10(24)8-12(11)27-2/h3-6,8,13,24H,1,7H2,2H3/t13-,18-,19+/m1/s1. The summed E-state index contributed by atoms with van der Waals surface area (Å²) in [5.41, 5.74) is 1.03. The van der Waals surface area contributed by atoms with Crippen LogP contribution in [0.15, 0.2) is 52.6 Å². The van der Waals surface area contributed by atoms with Gasteiger partial charge in [-0.1, -0.05) is 48.0 Å². The van der Waals surface area contributed by atoms with Gasteiger partial charge in [0.05, 0.1) is 7.11 Å². The summed E-state index contributed by atoms with van der Waals surface area (Å²) in [6.07, 6.45) is 3.19. The Balaban J connectivity index is 2.37. The van der Waals surface area contributed by atoms with E-state index >= 15 is 0 Å². The lowest BCUT2D eigenvalue weighted by Gasteiger charge is -2.50. The predicted octanol–water partition coefficient (Wildman–Crippen LogP) is 4.80. The molecule has 0 spiro atoms. The van der Waals surface area contributed by atoms with Crippen LogP contribution in [0.5, 0.6) is 11.5 Å². The Labute approximate surface area is 176 Å². The minimum Gasteiger partial charge on any atom is -0.508 e. The van der Waals surface area contributed by atoms with E-state index in [1.165, 1.54) is 25.3 Å². The molecule has 1 aromatic carbocycles. The highest BCUT2D eigenvalue weighted by atomic mass is 35.5. The van der Waals surface area contributed by atoms with Crippen molar-refractivity contribution >= 4 is 58.0 Å². The van der Waals surface area contributed by atoms with Crippen molar-refractivity contribution in [2.75, 3.05) is 7.11 Å². The molecule has 0 fully saturated rings. The number of phenols is 1. The molecule has 8 heteroatoms. The molecule has 0 unspecified atom stereocenters. The quantitative estimate of drug-likeness (QED) is 0.676. The van der Waals surface area contributed by atoms with Crippen molar-refractivity contribution in [3.8, 4) is 11.5 Å². The maximum absolute atomic E-state index is 13.2. The second-order valence-corrected chi connectivity index (χ2v) is 8.27. The summed E-state index contributed by atoms with van der Waals surface area (Å²) in [4.78, 5) is 22.2. The summed E-state index contributed by atoms with van der Waals surface area (Å²) < 4.78 is 5.35. The van der Waals surface area contributed by atoms with Gasteiger partial charge in [-0.25, -0.2) is 0 Å². The second-order valence-electron chi connectivity index (χ2n) is 6.27. The Hall–Kier alpha value is -1.46. The van der Waals surface area contributed by atoms with E-state index in [-0.39, 0.29) is 17.9 Å². The number of ether oxygens (including phenoxy) is 1. The first-order chi connectivity index (χ1) is 12.6. The number of allylic oxidation sites excluding steroid dienone is 5. The minimum atomic E-state index is -1.95. The number of alkyl halides is 2. The van der Waals surface area contributed by atoms with Gasteiger partial charge >= 0.3 is 0 Å². The number of hydrogen-bond acceptors (Lipinski definition) is 4. The molecule has 0 bridgehead atoms. The van der Waals surface area contributed by atoms with Gasteiger partial charge in [-0.2, -0.15) is 0 Å². The number of Topliss-reactive ketones (excluding diaryl/α,β-unsaturated/α-hetero) is 2. The maximum atomic E-state index is 13.2. The lowest BCUT2D eigenvalue weighted by Crippen LogP contribution is -2.64. The Bertz CT molecular complexity index is 936. The molecule has 1 aromatic rings. The highest BCUT2D eigenvalue weighted by Crippen LogP contribution is 2.60. The number of phenolic OH excluding ortho intramolecular Hbond substituents is 1. The second kappa shape index (κ2) is 6.85. The Morgan fingerprint density at radius 1 is 1.22 bits per heavy atom. The molecule has 0 radical (unpaired) electrons. The first-order valence-electron chi connectivity index (χ1n) is 7.85. The summed E-state index contributed by atoms with van der Waals surface area (Å²) in [5.74, 6) is -2.15. The number of aromatic hydroxyl groups is 1. The molecule has 4 nitrogen and oxygen atoms in total. The van der Waals surface area contributed by atoms with Crippen molar-refractivity contribution < 1.29 is 19.4 Å². The van der Waals surface area contributed by atoms with Gasteiger partial charge in [0.1, 0.15) is 31.3 Å². The van der Waals surface area contributed by atoms with Crippen LogP contribution in [0.2, 0.25) is 0 Å². The number of hydrogen-bond donors (Lipinski definition) is 1. The van der Waals surface area contributed by atoms with E-state index in [4.69, 9.17) is 51.1 Å². The van der Waals surface area contributed by atoms with Gasteiger partial charge < -0.3 is 9.84 Å². The van der Waals surface area contributed by atoms with Gasteiger partial charge in [-0.3, -0.25) is 9.59 Å². The minimum absolute atomic E-state index is 0.0265. The van der Waals surface area contributed by atoms with Crippen molar-refractivity contribution in [3.63, 3.8) is 0 Å². The summed E-state index contributed by atoms with van der Waals surface area (Å²) in [6, 6.07) is 4.34. The first kappa shape index (κ1) is 20.3. The van der Waals surface area contributed by atoms with Crippen LogP contribution in [-0.2, 0) is 9.59 Å². The molecule has 0 heterocycles. The highest BCUT2D eigenvalue weighted by Gasteiger charge is 2.68. The number of carbonyl (C=O) groups excluding carboxylic acids is 2. The highest BCUT2D eigenvalue weighted by molar-refractivity contribution is 6.66. The molecule has 0 aliphatic heterocycles. The third kappa shape index (κ3) is 2.65. The van der Waals surface area contributed by atoms with Crippen LogP contribution >= 0.6 is 46.4 Å². The summed E-state index contributed by atoms with van der Waals surface area (Å²) in [5, 5.41) is 8.88. The van der Waals surface area contributed by atoms with E-state index in [0.717, 1.165) is 0 Å². The average molecular weight is 448 g/mol. The van der Waals surface area contributed by atoms with E-state index < -0.39 is 37.3 Å². The van der Waals surface area contributed by atoms with Crippen molar-refractivity contribution in [3.05, 3.63) is 58.1 Å². The summed E-state index contributed by atoms with van der Waals surface area (Å²) in [7, 11) is 1.41. The molecular formula is C19H14Cl4O4. The predicted molar refractivity (Wildman–Crippen MR) is 106 cm³/mol. The fourth-order valence-electron chi connectivity index (χ4n) is 3.62. The number of halogens is 4. The topological polar surface area (TPSA) is 63.6 Å². The Kier molecular flexibility index (Phi) is 5.15. The Morgan fingerprint density at radius 3 is 2.44 bits per heavy atom. The van der Waals surface area contributed by atoms with E-state index in [2.05, 4.69) is 6.58 Å². The van der Waals surface area contributed by atoms with E-state index in [0.29, 0.717) is 11.1 Å². The van der Waals surface area contributed by atoms with Gasteiger partial charge in [0.25, 0.3) is 0 Å². The number of fused-ring (bicyclic) bond motifs is 1. The largest absolute Gasteiger partial charge is 0.508 e. The average Bonchev–Trinajstić information content (AvgIpc) is 2.66. The van der Waals surface area contributed by atoms with Crippen LogP contribution in [0, 0.1) is 0 Å². The number of carbonyl (C=O) groups is 2. The molecule has 2 aliphatic carbocycles. The van der Waals surface area contributed by atoms with Gasteiger partial charge in [0.15, 0.2) is 11.6 Å². The zero-order valence-corrected chi connectivity index (χ0v) is 17.1. The molecule has 0 amide bonds. The zero-order valence-electron chi connectivity index (χ0n) is 14.1. The zero-order chi connectivity index (χ0) is 20.1. The number of ketones is 2. The first-order valence-corrected chi connectivity index (χ1v) is 9.36. The molecule has 27 heavy (non-hydrogen) atoms. The van der Waals surface area contributed by atoms with Crippen LogP contribution in [0.1, 0.15) is 17.9 Å². The molecule has 0 saturated heterocycles. The number of benzene rings is 1. The number of methoxy groups -OCH3 is 1. The SMILES string of the molecule is C=CC1=CC[C@@]2(Cl)C(=O)C(Cl)=C(Cl)C(=O)[C@@]2(Cl)[C@H]1c1ccc(O)cc1OC. The monoisotopic (exact) mass is 446 g/mol. The molecular weight excluding hydrogens is 434 g/mol. The van der Waals surface area contributed by atoms with Gasteiger partial charge in [0.2, 0.25) is 0 Å². The van der Waals surface area contributed by atoms with Crippen LogP contribution in [-0.4, -0.2) is 33.5 Å². The normalized spacial score (nSPS) is 30.7. The van der Waals surface area contributed by atoms with Gasteiger partial charge in [-0.15, -0.1) is 23.2 Å². The molecule has 0 saturated carbocycles. The Morgan fingerprint density at radius 2 is 1.85 bits per heavy atom. The van der Waals surface area contributed by atoms with E-state index in [9.17, 15) is 14.7 Å².